The van der Waals surface area contributed by atoms with Crippen molar-refractivity contribution < 1.29 is 14.3 Å². The highest BCUT2D eigenvalue weighted by Crippen LogP contribution is 2.15. The quantitative estimate of drug-likeness (QED) is 0.705. The fourth-order valence-corrected chi connectivity index (χ4v) is 1.25. The van der Waals surface area contributed by atoms with Gasteiger partial charge in [0.25, 0.3) is 0 Å². The maximum atomic E-state index is 11.1. The number of urea groups is 1. The Balaban J connectivity index is 2.39. The number of primary amides is 1. The third-order valence-electron chi connectivity index (χ3n) is 2.04. The fraction of sp³-hybridized carbons (Fsp3) is 0.333. The van der Waals surface area contributed by atoms with Crippen LogP contribution in [0.4, 0.5) is 10.5 Å². The van der Waals surface area contributed by atoms with E-state index < -0.39 is 11.9 Å². The van der Waals surface area contributed by atoms with Gasteiger partial charge in [0, 0.05) is 5.69 Å². The van der Waals surface area contributed by atoms with E-state index in [-0.39, 0.29) is 6.54 Å². The van der Waals surface area contributed by atoms with Gasteiger partial charge in [-0.1, -0.05) is 6.92 Å². The molecule has 0 spiro atoms. The van der Waals surface area contributed by atoms with Gasteiger partial charge in [-0.15, -0.1) is 0 Å². The highest BCUT2D eigenvalue weighted by atomic mass is 16.5. The van der Waals surface area contributed by atoms with Crippen LogP contribution in [0.2, 0.25) is 0 Å². The molecule has 0 aromatic heterocycles. The maximum absolute atomic E-state index is 11.1. The van der Waals surface area contributed by atoms with E-state index in [1.807, 2.05) is 24.4 Å². The average molecular weight is 251 g/mol. The Bertz CT molecular complexity index is 404. The molecule has 0 saturated carbocycles. The van der Waals surface area contributed by atoms with Gasteiger partial charge in [-0.2, -0.15) is 0 Å². The van der Waals surface area contributed by atoms with E-state index in [4.69, 9.17) is 10.5 Å². The van der Waals surface area contributed by atoms with Gasteiger partial charge in [-0.25, -0.2) is 4.79 Å². The summed E-state index contributed by atoms with van der Waals surface area (Å²) in [4.78, 5) is 21.5. The van der Waals surface area contributed by atoms with Crippen LogP contribution in [0.25, 0.3) is 0 Å². The Kier molecular flexibility index (Phi) is 5.50. The van der Waals surface area contributed by atoms with Crippen LogP contribution in [0.1, 0.15) is 13.3 Å². The van der Waals surface area contributed by atoms with Crippen LogP contribution in [-0.2, 0) is 4.79 Å². The lowest BCUT2D eigenvalue weighted by molar-refractivity contribution is -0.118. The van der Waals surface area contributed by atoms with Gasteiger partial charge in [-0.05, 0) is 30.7 Å². The number of ether oxygens (including phenoxy) is 1. The first-order valence-electron chi connectivity index (χ1n) is 5.68. The molecule has 0 aliphatic carbocycles. The molecule has 1 rings (SSSR count). The van der Waals surface area contributed by atoms with Crippen molar-refractivity contribution >= 4 is 17.6 Å². The van der Waals surface area contributed by atoms with Crippen molar-refractivity contribution in [1.82, 2.24) is 5.32 Å². The maximum Gasteiger partial charge on any atom is 0.318 e. The van der Waals surface area contributed by atoms with E-state index in [0.717, 1.165) is 17.9 Å². The molecule has 1 aromatic carbocycles. The van der Waals surface area contributed by atoms with Crippen molar-refractivity contribution in [3.63, 3.8) is 0 Å². The third-order valence-corrected chi connectivity index (χ3v) is 2.04. The first kappa shape index (κ1) is 13.8. The zero-order valence-electron chi connectivity index (χ0n) is 10.2. The lowest BCUT2D eigenvalue weighted by Crippen LogP contribution is -2.38. The summed E-state index contributed by atoms with van der Waals surface area (Å²) in [6, 6.07) is 6.35. The van der Waals surface area contributed by atoms with Gasteiger partial charge in [0.1, 0.15) is 5.75 Å². The molecule has 18 heavy (non-hydrogen) atoms. The smallest absolute Gasteiger partial charge is 0.318 e. The molecule has 0 unspecified atom stereocenters. The van der Waals surface area contributed by atoms with Crippen LogP contribution in [-0.4, -0.2) is 25.1 Å². The molecule has 98 valence electrons. The normalized spacial score (nSPS) is 9.61. The van der Waals surface area contributed by atoms with Gasteiger partial charge < -0.3 is 15.8 Å². The van der Waals surface area contributed by atoms with E-state index in [1.165, 1.54) is 0 Å². The van der Waals surface area contributed by atoms with Crippen LogP contribution >= 0.6 is 0 Å². The number of hydrogen-bond donors (Lipinski definition) is 3. The lowest BCUT2D eigenvalue weighted by atomic mass is 10.3. The molecule has 0 saturated heterocycles. The van der Waals surface area contributed by atoms with E-state index in [0.29, 0.717) is 6.61 Å². The summed E-state index contributed by atoms with van der Waals surface area (Å²) in [7, 11) is 0. The van der Waals surface area contributed by atoms with Crippen molar-refractivity contribution in [2.24, 2.45) is 5.73 Å². The molecule has 0 radical (unpaired) electrons. The van der Waals surface area contributed by atoms with Crippen molar-refractivity contribution in [2.75, 3.05) is 18.5 Å². The zero-order chi connectivity index (χ0) is 13.4. The molecule has 0 heterocycles. The summed E-state index contributed by atoms with van der Waals surface area (Å²) >= 11 is 0. The minimum atomic E-state index is -0.856. The average Bonchev–Trinajstić information content (AvgIpc) is 2.34. The van der Waals surface area contributed by atoms with E-state index in [2.05, 4.69) is 5.32 Å². The topological polar surface area (TPSA) is 93.4 Å². The van der Waals surface area contributed by atoms with Crippen molar-refractivity contribution in [2.45, 2.75) is 13.3 Å². The Hall–Kier alpha value is -2.24. The van der Waals surface area contributed by atoms with E-state index in [1.54, 1.807) is 12.1 Å². The second kappa shape index (κ2) is 7.16. The SMILES string of the molecule is CCCOc1ccc(NCC(=O)NC(N)=O)cc1. The van der Waals surface area contributed by atoms with Gasteiger partial charge in [0.05, 0.1) is 13.2 Å². The molecule has 0 aliphatic heterocycles. The highest BCUT2D eigenvalue weighted by Gasteiger charge is 2.03. The van der Waals surface area contributed by atoms with Gasteiger partial charge in [-0.3, -0.25) is 10.1 Å². The molecule has 1 aromatic rings. The van der Waals surface area contributed by atoms with Gasteiger partial charge >= 0.3 is 6.03 Å². The monoisotopic (exact) mass is 251 g/mol. The third kappa shape index (κ3) is 5.20. The lowest BCUT2D eigenvalue weighted by Gasteiger charge is -2.08. The van der Waals surface area contributed by atoms with Crippen molar-refractivity contribution in [3.8, 4) is 5.75 Å². The Morgan fingerprint density at radius 1 is 1.28 bits per heavy atom. The first-order chi connectivity index (χ1) is 8.61. The predicted octanol–water partition coefficient (Wildman–Crippen LogP) is 1.08. The van der Waals surface area contributed by atoms with Crippen LogP contribution in [0.3, 0.4) is 0 Å². The fourth-order valence-electron chi connectivity index (χ4n) is 1.25. The first-order valence-corrected chi connectivity index (χ1v) is 5.68. The second-order valence-corrected chi connectivity index (χ2v) is 3.64. The standard InChI is InChI=1S/C12H17N3O3/c1-2-7-18-10-5-3-9(4-6-10)14-8-11(16)15-12(13)17/h3-6,14H,2,7-8H2,1H3,(H3,13,15,16,17). The van der Waals surface area contributed by atoms with Crippen LogP contribution in [0.15, 0.2) is 24.3 Å². The molecule has 0 aliphatic rings. The number of amides is 3. The summed E-state index contributed by atoms with van der Waals surface area (Å²) in [6.07, 6.45) is 0.952. The molecule has 4 N–H and O–H groups in total. The largest absolute Gasteiger partial charge is 0.494 e. The highest BCUT2D eigenvalue weighted by molar-refractivity contribution is 5.95. The molecule has 0 fully saturated rings. The molecule has 3 amide bonds. The summed E-state index contributed by atoms with van der Waals surface area (Å²) in [6.45, 7) is 2.69. The predicted molar refractivity (Wildman–Crippen MR) is 68.4 cm³/mol. The van der Waals surface area contributed by atoms with Crippen LogP contribution < -0.4 is 21.1 Å². The number of nitrogens with two attached hydrogens (primary N) is 1. The summed E-state index contributed by atoms with van der Waals surface area (Å²) in [5.41, 5.74) is 5.58. The number of rotatable bonds is 6. The van der Waals surface area contributed by atoms with Crippen molar-refractivity contribution in [1.29, 1.82) is 0 Å². The Labute approximate surface area is 105 Å². The summed E-state index contributed by atoms with van der Waals surface area (Å²) in [5, 5.41) is 4.82. The molecule has 0 atom stereocenters. The molecule has 0 bridgehead atoms. The summed E-state index contributed by atoms with van der Waals surface area (Å²) in [5.74, 6) is 0.304. The minimum absolute atomic E-state index is 0.0158. The number of carbonyl (C=O) groups is 2. The number of hydrogen-bond acceptors (Lipinski definition) is 4. The van der Waals surface area contributed by atoms with E-state index in [9.17, 15) is 9.59 Å². The second-order valence-electron chi connectivity index (χ2n) is 3.64. The molecular formula is C12H17N3O3. The van der Waals surface area contributed by atoms with Crippen molar-refractivity contribution in [3.05, 3.63) is 24.3 Å². The van der Waals surface area contributed by atoms with E-state index >= 15 is 0 Å². The molecule has 6 nitrogen and oxygen atoms in total. The molecular weight excluding hydrogens is 234 g/mol. The van der Waals surface area contributed by atoms with Gasteiger partial charge in [0.2, 0.25) is 5.91 Å². The van der Waals surface area contributed by atoms with Crippen LogP contribution in [0.5, 0.6) is 5.75 Å². The van der Waals surface area contributed by atoms with Gasteiger partial charge in [0.15, 0.2) is 0 Å². The number of carbonyl (C=O) groups excluding carboxylic acids is 2. The Morgan fingerprint density at radius 3 is 2.50 bits per heavy atom. The number of benzene rings is 1. The Morgan fingerprint density at radius 2 is 1.94 bits per heavy atom. The zero-order valence-corrected chi connectivity index (χ0v) is 10.2. The number of imide groups is 1. The van der Waals surface area contributed by atoms with Crippen LogP contribution in [0, 0.1) is 0 Å². The molecule has 6 heteroatoms. The number of nitrogens with one attached hydrogen (secondary N) is 2. The minimum Gasteiger partial charge on any atom is -0.494 e. The number of anilines is 1. The summed E-state index contributed by atoms with van der Waals surface area (Å²) < 4.78 is 5.42.